The van der Waals surface area contributed by atoms with Crippen LogP contribution < -0.4 is 4.74 Å². The Balaban J connectivity index is 1.34. The van der Waals surface area contributed by atoms with E-state index in [1.165, 1.54) is 4.90 Å². The number of rotatable bonds is 11. The molecule has 2 aromatic carbocycles. The molecule has 8 heteroatoms. The van der Waals surface area contributed by atoms with Crippen LogP contribution in [0, 0.1) is 11.8 Å². The maximum absolute atomic E-state index is 11.6. The number of carboxylic acids is 1. The monoisotopic (exact) mass is 528 g/mol. The van der Waals surface area contributed by atoms with Crippen molar-refractivity contribution >= 4 is 40.2 Å². The molecule has 1 aliphatic rings. The number of halogens is 1. The molecule has 192 valence electrons. The molecule has 1 aromatic heterocycles. The molecule has 0 amide bonds. The van der Waals surface area contributed by atoms with E-state index in [0.717, 1.165) is 65.5 Å². The maximum Gasteiger partial charge on any atom is 0.303 e. The van der Waals surface area contributed by atoms with Crippen LogP contribution in [0.4, 0.5) is 0 Å². The van der Waals surface area contributed by atoms with Gasteiger partial charge in [-0.25, -0.2) is 0 Å². The quantitative estimate of drug-likeness (QED) is 0.299. The van der Waals surface area contributed by atoms with Crippen molar-refractivity contribution in [3.63, 3.8) is 0 Å². The van der Waals surface area contributed by atoms with Crippen LogP contribution in [0.5, 0.6) is 5.75 Å². The van der Waals surface area contributed by atoms with E-state index < -0.39 is 12.1 Å². The summed E-state index contributed by atoms with van der Waals surface area (Å²) in [5.74, 6) is 1.28. The highest BCUT2D eigenvalue weighted by Crippen LogP contribution is 2.35. The van der Waals surface area contributed by atoms with Crippen molar-refractivity contribution in [3.8, 4) is 5.75 Å². The highest BCUT2D eigenvalue weighted by Gasteiger charge is 2.31. The largest absolute Gasteiger partial charge is 0.497 e. The summed E-state index contributed by atoms with van der Waals surface area (Å²) >= 11 is 7.76. The van der Waals surface area contributed by atoms with Crippen LogP contribution in [-0.2, 0) is 4.79 Å². The van der Waals surface area contributed by atoms with Gasteiger partial charge in [-0.05, 0) is 91.7 Å². The summed E-state index contributed by atoms with van der Waals surface area (Å²) in [6.45, 7) is 2.65. The molecule has 3 aromatic rings. The van der Waals surface area contributed by atoms with Crippen LogP contribution in [-0.4, -0.2) is 58.6 Å². The first-order valence-corrected chi connectivity index (χ1v) is 13.7. The van der Waals surface area contributed by atoms with Crippen molar-refractivity contribution in [2.45, 2.75) is 36.7 Å². The van der Waals surface area contributed by atoms with Crippen molar-refractivity contribution < 1.29 is 19.7 Å². The van der Waals surface area contributed by atoms with Gasteiger partial charge in [-0.2, -0.15) is 0 Å². The number of fused-ring (bicyclic) bond motifs is 1. The molecule has 1 fully saturated rings. The molecule has 0 radical (unpaired) electrons. The topological polar surface area (TPSA) is 82.9 Å². The third kappa shape index (κ3) is 7.13. The van der Waals surface area contributed by atoms with Crippen LogP contribution in [0.3, 0.4) is 0 Å². The Kier molecular flexibility index (Phi) is 9.48. The first kappa shape index (κ1) is 26.7. The van der Waals surface area contributed by atoms with E-state index in [2.05, 4.69) is 9.88 Å². The molecule has 0 bridgehead atoms. The zero-order chi connectivity index (χ0) is 25.5. The minimum Gasteiger partial charge on any atom is -0.497 e. The Morgan fingerprint density at radius 3 is 2.78 bits per heavy atom. The Morgan fingerprint density at radius 1 is 1.22 bits per heavy atom. The first-order chi connectivity index (χ1) is 17.4. The minimum absolute atomic E-state index is 0.0817. The molecule has 36 heavy (non-hydrogen) atoms. The van der Waals surface area contributed by atoms with Crippen molar-refractivity contribution in [3.05, 3.63) is 65.3 Å². The van der Waals surface area contributed by atoms with Crippen LogP contribution in [0.15, 0.2) is 59.6 Å². The van der Waals surface area contributed by atoms with Crippen LogP contribution >= 0.6 is 23.4 Å². The molecule has 6 nitrogen and oxygen atoms in total. The van der Waals surface area contributed by atoms with Crippen molar-refractivity contribution in [2.75, 3.05) is 32.5 Å². The average Bonchev–Trinajstić information content (AvgIpc) is 2.88. The Morgan fingerprint density at radius 2 is 2.03 bits per heavy atom. The van der Waals surface area contributed by atoms with Crippen molar-refractivity contribution in [2.24, 2.45) is 11.8 Å². The van der Waals surface area contributed by atoms with Crippen LogP contribution in [0.2, 0.25) is 5.02 Å². The van der Waals surface area contributed by atoms with Crippen LogP contribution in [0.25, 0.3) is 10.9 Å². The van der Waals surface area contributed by atoms with E-state index in [1.54, 1.807) is 25.1 Å². The minimum atomic E-state index is -0.754. The van der Waals surface area contributed by atoms with Gasteiger partial charge in [-0.3, -0.25) is 9.78 Å². The third-order valence-corrected chi connectivity index (χ3v) is 8.30. The molecule has 2 N–H and O–H groups in total. The number of aromatic nitrogens is 1. The number of aliphatic hydroxyl groups is 1. The van der Waals surface area contributed by atoms with E-state index in [1.807, 2.05) is 48.5 Å². The van der Waals surface area contributed by atoms with Gasteiger partial charge in [-0.1, -0.05) is 11.6 Å². The number of nitrogens with zero attached hydrogens (tertiary/aromatic N) is 2. The smallest absolute Gasteiger partial charge is 0.303 e. The highest BCUT2D eigenvalue weighted by atomic mass is 35.5. The summed E-state index contributed by atoms with van der Waals surface area (Å²) in [6, 6.07) is 15.4. The predicted octanol–water partition coefficient (Wildman–Crippen LogP) is 5.92. The number of hydrogen-bond donors (Lipinski definition) is 2. The number of thioether (sulfide) groups is 1. The average molecular weight is 529 g/mol. The fourth-order valence-corrected chi connectivity index (χ4v) is 6.15. The standard InChI is InChI=1S/C28H33ClN2O4S/c1-35-22-5-8-26-25(17-22)24(10-12-30-26)27(32)9-2-19-11-13-31(18-20(19)16-28(33)34)14-15-36-23-6-3-21(29)4-7-23/h3-8,10,12,17,19-20,27,32H,2,9,11,13-16,18H2,1H3,(H,33,34)/t19-,20+,27?/m1/s1. The second-order valence-electron chi connectivity index (χ2n) is 9.39. The second kappa shape index (κ2) is 12.8. The number of pyridine rings is 1. The first-order valence-electron chi connectivity index (χ1n) is 12.4. The summed E-state index contributed by atoms with van der Waals surface area (Å²) in [4.78, 5) is 19.6. The lowest BCUT2D eigenvalue weighted by Crippen LogP contribution is -2.42. The molecule has 0 saturated carbocycles. The Labute approximate surface area is 221 Å². The van der Waals surface area contributed by atoms with Gasteiger partial charge in [0, 0.05) is 46.8 Å². The molecular weight excluding hydrogens is 496 g/mol. The fourth-order valence-electron chi connectivity index (χ4n) is 5.11. The van der Waals surface area contributed by atoms with Gasteiger partial charge in [0.25, 0.3) is 0 Å². The highest BCUT2D eigenvalue weighted by molar-refractivity contribution is 7.99. The molecule has 3 atom stereocenters. The van der Waals surface area contributed by atoms with Gasteiger partial charge in [0.1, 0.15) is 5.75 Å². The van der Waals surface area contributed by atoms with Crippen molar-refractivity contribution in [1.29, 1.82) is 0 Å². The number of ether oxygens (including phenoxy) is 1. The molecule has 4 rings (SSSR count). The number of carboxylic acid groups (broad SMARTS) is 1. The summed E-state index contributed by atoms with van der Waals surface area (Å²) in [7, 11) is 1.62. The Bertz CT molecular complexity index is 1160. The van der Waals surface area contributed by atoms with Crippen molar-refractivity contribution in [1.82, 2.24) is 9.88 Å². The van der Waals surface area contributed by atoms with Gasteiger partial charge >= 0.3 is 5.97 Å². The molecule has 1 aliphatic heterocycles. The third-order valence-electron chi connectivity index (χ3n) is 7.05. The second-order valence-corrected chi connectivity index (χ2v) is 11.0. The number of likely N-dealkylation sites (tertiary alicyclic amines) is 1. The Hall–Kier alpha value is -2.32. The number of piperidine rings is 1. The lowest BCUT2D eigenvalue weighted by atomic mass is 9.79. The molecule has 2 heterocycles. The van der Waals surface area contributed by atoms with E-state index in [0.29, 0.717) is 6.42 Å². The van der Waals surface area contributed by atoms with Gasteiger partial charge < -0.3 is 19.8 Å². The lowest BCUT2D eigenvalue weighted by Gasteiger charge is -2.38. The SMILES string of the molecule is COc1ccc2nccc(C(O)CC[C@@H]3CCN(CCSc4ccc(Cl)cc4)C[C@@H]3CC(=O)O)c2c1. The van der Waals surface area contributed by atoms with E-state index in [9.17, 15) is 15.0 Å². The number of hydrogen-bond acceptors (Lipinski definition) is 6. The van der Waals surface area contributed by atoms with Crippen LogP contribution in [0.1, 0.15) is 37.4 Å². The molecule has 1 unspecified atom stereocenters. The number of carbonyl (C=O) groups is 1. The van der Waals surface area contributed by atoms with Gasteiger partial charge in [-0.15, -0.1) is 11.8 Å². The molecular formula is C28H33ClN2O4S. The maximum atomic E-state index is 11.6. The normalized spacial score (nSPS) is 19.3. The number of benzene rings is 2. The zero-order valence-corrected chi connectivity index (χ0v) is 22.0. The summed E-state index contributed by atoms with van der Waals surface area (Å²) in [5, 5.41) is 22.2. The molecule has 0 aliphatic carbocycles. The van der Waals surface area contributed by atoms with Gasteiger partial charge in [0.05, 0.1) is 18.7 Å². The number of aliphatic hydroxyl groups excluding tert-OH is 1. The summed E-state index contributed by atoms with van der Waals surface area (Å²) in [5.41, 5.74) is 1.66. The molecule has 1 saturated heterocycles. The fraction of sp³-hybridized carbons (Fsp3) is 0.429. The van der Waals surface area contributed by atoms with E-state index in [-0.39, 0.29) is 18.3 Å². The summed E-state index contributed by atoms with van der Waals surface area (Å²) < 4.78 is 5.35. The zero-order valence-electron chi connectivity index (χ0n) is 20.5. The lowest BCUT2D eigenvalue weighted by molar-refractivity contribution is -0.139. The van der Waals surface area contributed by atoms with Gasteiger partial charge in [0.2, 0.25) is 0 Å². The van der Waals surface area contributed by atoms with E-state index >= 15 is 0 Å². The number of aliphatic carboxylic acids is 1. The molecule has 0 spiro atoms. The number of methoxy groups -OCH3 is 1. The summed E-state index contributed by atoms with van der Waals surface area (Å²) in [6.07, 6.45) is 3.57. The van der Waals surface area contributed by atoms with Gasteiger partial charge in [0.15, 0.2) is 0 Å². The van der Waals surface area contributed by atoms with E-state index in [4.69, 9.17) is 16.3 Å². The predicted molar refractivity (Wildman–Crippen MR) is 145 cm³/mol.